The van der Waals surface area contributed by atoms with Gasteiger partial charge in [0, 0.05) is 45.3 Å². The first-order valence-corrected chi connectivity index (χ1v) is 6.83. The molecule has 1 unspecified atom stereocenters. The maximum absolute atomic E-state index is 13.6. The zero-order valence-corrected chi connectivity index (χ0v) is 11.3. The highest BCUT2D eigenvalue weighted by Gasteiger charge is 2.47. The summed E-state index contributed by atoms with van der Waals surface area (Å²) in [5, 5.41) is 0. The van der Waals surface area contributed by atoms with E-state index in [1.165, 1.54) is 6.07 Å². The zero-order chi connectivity index (χ0) is 13.3. The minimum absolute atomic E-state index is 0.0514. The van der Waals surface area contributed by atoms with E-state index in [4.69, 9.17) is 9.47 Å². The van der Waals surface area contributed by atoms with E-state index in [0.717, 1.165) is 38.1 Å². The molecule has 3 rings (SSSR count). The zero-order valence-electron chi connectivity index (χ0n) is 11.3. The molecular formula is C15H20FNO2. The average Bonchev–Trinajstić information content (AvgIpc) is 2.40. The fourth-order valence-electron chi connectivity index (χ4n) is 3.15. The fraction of sp³-hybridized carbons (Fsp3) is 0.600. The minimum atomic E-state index is -0.122. The van der Waals surface area contributed by atoms with Gasteiger partial charge in [0.05, 0.1) is 11.7 Å². The van der Waals surface area contributed by atoms with E-state index >= 15 is 0 Å². The summed E-state index contributed by atoms with van der Waals surface area (Å²) in [5.41, 5.74) is 0.709. The van der Waals surface area contributed by atoms with Crippen molar-refractivity contribution in [2.45, 2.75) is 31.1 Å². The van der Waals surface area contributed by atoms with Crippen LogP contribution in [0.15, 0.2) is 24.3 Å². The molecule has 0 amide bonds. The summed E-state index contributed by atoms with van der Waals surface area (Å²) < 4.78 is 24.9. The van der Waals surface area contributed by atoms with Crippen LogP contribution in [-0.4, -0.2) is 43.4 Å². The van der Waals surface area contributed by atoms with Crippen molar-refractivity contribution >= 4 is 0 Å². The number of hydrogen-bond acceptors (Lipinski definition) is 3. The third kappa shape index (κ3) is 2.66. The van der Waals surface area contributed by atoms with E-state index in [2.05, 4.69) is 4.90 Å². The van der Waals surface area contributed by atoms with Crippen LogP contribution in [0, 0.1) is 5.82 Å². The van der Waals surface area contributed by atoms with Crippen LogP contribution in [0.4, 0.5) is 4.39 Å². The van der Waals surface area contributed by atoms with Gasteiger partial charge in [0.2, 0.25) is 0 Å². The second-order valence-corrected chi connectivity index (χ2v) is 5.62. The van der Waals surface area contributed by atoms with Crippen LogP contribution in [0.3, 0.4) is 0 Å². The quantitative estimate of drug-likeness (QED) is 0.836. The van der Waals surface area contributed by atoms with Crippen molar-refractivity contribution in [2.24, 2.45) is 0 Å². The summed E-state index contributed by atoms with van der Waals surface area (Å²) in [6, 6.07) is 6.97. The van der Waals surface area contributed by atoms with Gasteiger partial charge in [-0.3, -0.25) is 4.90 Å². The van der Waals surface area contributed by atoms with Gasteiger partial charge in [-0.1, -0.05) is 18.2 Å². The van der Waals surface area contributed by atoms with Gasteiger partial charge in [0.15, 0.2) is 0 Å². The maximum Gasteiger partial charge on any atom is 0.127 e. The van der Waals surface area contributed by atoms with Crippen LogP contribution in [-0.2, 0) is 16.0 Å². The molecule has 0 aromatic heterocycles. The van der Waals surface area contributed by atoms with Crippen LogP contribution in [0.25, 0.3) is 0 Å². The van der Waals surface area contributed by atoms with Crippen LogP contribution < -0.4 is 0 Å². The van der Waals surface area contributed by atoms with Gasteiger partial charge in [-0.05, 0) is 12.5 Å². The van der Waals surface area contributed by atoms with Crippen molar-refractivity contribution in [3.63, 3.8) is 0 Å². The minimum Gasteiger partial charge on any atom is -0.381 e. The molecule has 104 valence electrons. The lowest BCUT2D eigenvalue weighted by Crippen LogP contribution is -2.65. The Morgan fingerprint density at radius 2 is 2.21 bits per heavy atom. The molecule has 0 saturated carbocycles. The maximum atomic E-state index is 13.6. The number of halogens is 1. The normalized spacial score (nSPS) is 26.3. The largest absolute Gasteiger partial charge is 0.381 e. The molecule has 1 aromatic carbocycles. The second-order valence-electron chi connectivity index (χ2n) is 5.62. The number of methoxy groups -OCH3 is 1. The summed E-state index contributed by atoms with van der Waals surface area (Å²) in [6.45, 7) is 3.18. The first-order valence-electron chi connectivity index (χ1n) is 6.83. The van der Waals surface area contributed by atoms with Crippen molar-refractivity contribution in [1.29, 1.82) is 0 Å². The van der Waals surface area contributed by atoms with Crippen molar-refractivity contribution in [2.75, 3.05) is 26.8 Å². The summed E-state index contributed by atoms with van der Waals surface area (Å²) in [7, 11) is 1.76. The molecule has 0 bridgehead atoms. The molecule has 2 saturated heterocycles. The molecule has 3 nitrogen and oxygen atoms in total. The van der Waals surface area contributed by atoms with Crippen LogP contribution in [0.2, 0.25) is 0 Å². The topological polar surface area (TPSA) is 21.7 Å². The Kier molecular flexibility index (Phi) is 3.56. The molecule has 2 aliphatic rings. The highest BCUT2D eigenvalue weighted by molar-refractivity contribution is 5.18. The molecule has 19 heavy (non-hydrogen) atoms. The van der Waals surface area contributed by atoms with Crippen molar-refractivity contribution < 1.29 is 13.9 Å². The Labute approximate surface area is 113 Å². The lowest BCUT2D eigenvalue weighted by molar-refractivity contribution is -0.195. The molecule has 2 heterocycles. The third-order valence-corrected chi connectivity index (χ3v) is 4.16. The highest BCUT2D eigenvalue weighted by atomic mass is 19.1. The van der Waals surface area contributed by atoms with E-state index in [9.17, 15) is 4.39 Å². The van der Waals surface area contributed by atoms with E-state index in [1.807, 2.05) is 12.1 Å². The van der Waals surface area contributed by atoms with E-state index in [1.54, 1.807) is 13.2 Å². The molecule has 0 N–H and O–H groups in total. The fourth-order valence-corrected chi connectivity index (χ4v) is 3.15. The Morgan fingerprint density at radius 1 is 1.42 bits per heavy atom. The standard InChI is InChI=1S/C15H20FNO2/c1-18-13-6-7-19-15(8-13)10-17(11-15)9-12-4-2-3-5-14(12)16/h2-5,13H,6-11H2,1H3. The smallest absolute Gasteiger partial charge is 0.127 e. The number of nitrogens with zero attached hydrogens (tertiary/aromatic N) is 1. The van der Waals surface area contributed by atoms with Crippen LogP contribution in [0.1, 0.15) is 18.4 Å². The lowest BCUT2D eigenvalue weighted by atomic mass is 9.84. The first-order chi connectivity index (χ1) is 9.21. The molecule has 1 spiro atoms. The summed E-state index contributed by atoms with van der Waals surface area (Å²) in [5.74, 6) is -0.122. The number of ether oxygens (including phenoxy) is 2. The van der Waals surface area contributed by atoms with Gasteiger partial charge in [-0.15, -0.1) is 0 Å². The van der Waals surface area contributed by atoms with Gasteiger partial charge >= 0.3 is 0 Å². The lowest BCUT2D eigenvalue weighted by Gasteiger charge is -2.53. The number of hydrogen-bond donors (Lipinski definition) is 0. The first kappa shape index (κ1) is 13.0. The summed E-state index contributed by atoms with van der Waals surface area (Å²) in [4.78, 5) is 2.23. The Hall–Kier alpha value is -0.970. The summed E-state index contributed by atoms with van der Waals surface area (Å²) >= 11 is 0. The average molecular weight is 265 g/mol. The molecule has 0 aliphatic carbocycles. The molecule has 1 aromatic rings. The molecule has 2 aliphatic heterocycles. The number of rotatable bonds is 3. The van der Waals surface area contributed by atoms with Gasteiger partial charge < -0.3 is 9.47 Å². The van der Waals surface area contributed by atoms with Crippen molar-refractivity contribution in [3.05, 3.63) is 35.6 Å². The van der Waals surface area contributed by atoms with Gasteiger partial charge in [0.1, 0.15) is 5.82 Å². The highest BCUT2D eigenvalue weighted by Crippen LogP contribution is 2.35. The molecule has 1 atom stereocenters. The molecule has 4 heteroatoms. The Bertz CT molecular complexity index is 446. The number of likely N-dealkylation sites (tertiary alicyclic amines) is 1. The van der Waals surface area contributed by atoms with Gasteiger partial charge in [0.25, 0.3) is 0 Å². The van der Waals surface area contributed by atoms with E-state index in [0.29, 0.717) is 12.6 Å². The van der Waals surface area contributed by atoms with Crippen molar-refractivity contribution in [1.82, 2.24) is 4.90 Å². The predicted molar refractivity (Wildman–Crippen MR) is 70.4 cm³/mol. The second kappa shape index (κ2) is 5.19. The monoisotopic (exact) mass is 265 g/mol. The summed E-state index contributed by atoms with van der Waals surface area (Å²) in [6.07, 6.45) is 2.24. The molecule has 2 fully saturated rings. The van der Waals surface area contributed by atoms with Crippen molar-refractivity contribution in [3.8, 4) is 0 Å². The van der Waals surface area contributed by atoms with Crippen LogP contribution in [0.5, 0.6) is 0 Å². The van der Waals surface area contributed by atoms with E-state index in [-0.39, 0.29) is 11.4 Å². The third-order valence-electron chi connectivity index (χ3n) is 4.16. The van der Waals surface area contributed by atoms with Crippen LogP contribution >= 0.6 is 0 Å². The number of benzene rings is 1. The Morgan fingerprint density at radius 3 is 2.95 bits per heavy atom. The molecular weight excluding hydrogens is 245 g/mol. The molecule has 0 radical (unpaired) electrons. The predicted octanol–water partition coefficient (Wildman–Crippen LogP) is 2.21. The van der Waals surface area contributed by atoms with Gasteiger partial charge in [-0.25, -0.2) is 4.39 Å². The Balaban J connectivity index is 1.56. The van der Waals surface area contributed by atoms with Gasteiger partial charge in [-0.2, -0.15) is 0 Å². The van der Waals surface area contributed by atoms with E-state index < -0.39 is 0 Å². The SMILES string of the molecule is COC1CCOC2(C1)CN(Cc1ccccc1F)C2.